The number of nitrogens with one attached hydrogen (secondary N) is 2. The molecular weight excluding hydrogens is 286 g/mol. The summed E-state index contributed by atoms with van der Waals surface area (Å²) in [6.07, 6.45) is 0.794. The van der Waals surface area contributed by atoms with E-state index in [1.807, 2.05) is 45.0 Å². The smallest absolute Gasteiger partial charge is 0.240 e. The number of rotatable bonds is 9. The van der Waals surface area contributed by atoms with Crippen LogP contribution in [0.25, 0.3) is 0 Å². The van der Waals surface area contributed by atoms with Crippen molar-refractivity contribution >= 4 is 10.0 Å². The standard InChI is InChI=1S/C15H27N3O2S/c1-5-16-12-14-8-7-13(2)15(11-14)21(19,20)17-9-6-10-18(3)4/h7-8,11,16-17H,5-6,9-10,12H2,1-4H3. The van der Waals surface area contributed by atoms with Crippen LogP contribution in [-0.2, 0) is 16.6 Å². The molecule has 0 radical (unpaired) electrons. The van der Waals surface area contributed by atoms with Gasteiger partial charge >= 0.3 is 0 Å². The summed E-state index contributed by atoms with van der Waals surface area (Å²) in [5, 5.41) is 3.21. The van der Waals surface area contributed by atoms with Gasteiger partial charge in [0.05, 0.1) is 4.90 Å². The molecule has 1 rings (SSSR count). The molecule has 5 nitrogen and oxygen atoms in total. The third kappa shape index (κ3) is 6.13. The minimum absolute atomic E-state index is 0.378. The molecule has 0 aliphatic carbocycles. The summed E-state index contributed by atoms with van der Waals surface area (Å²) in [5.41, 5.74) is 1.76. The predicted octanol–water partition coefficient (Wildman–Crippen LogP) is 1.33. The maximum atomic E-state index is 12.4. The summed E-state index contributed by atoms with van der Waals surface area (Å²) in [4.78, 5) is 2.42. The summed E-state index contributed by atoms with van der Waals surface area (Å²) in [7, 11) is 0.517. The maximum Gasteiger partial charge on any atom is 0.240 e. The van der Waals surface area contributed by atoms with Gasteiger partial charge < -0.3 is 10.2 Å². The molecule has 0 aliphatic heterocycles. The number of nitrogens with zero attached hydrogens (tertiary/aromatic N) is 1. The van der Waals surface area contributed by atoms with E-state index in [1.54, 1.807) is 6.07 Å². The molecule has 0 unspecified atom stereocenters. The third-order valence-corrected chi connectivity index (χ3v) is 4.80. The van der Waals surface area contributed by atoms with Crippen molar-refractivity contribution < 1.29 is 8.42 Å². The Morgan fingerprint density at radius 2 is 1.95 bits per heavy atom. The Kier molecular flexibility index (Phi) is 7.31. The molecule has 0 aliphatic rings. The lowest BCUT2D eigenvalue weighted by Crippen LogP contribution is -2.28. The van der Waals surface area contributed by atoms with Gasteiger partial charge in [0.15, 0.2) is 0 Å². The van der Waals surface area contributed by atoms with E-state index < -0.39 is 10.0 Å². The second-order valence-electron chi connectivity index (χ2n) is 5.43. The summed E-state index contributed by atoms with van der Waals surface area (Å²) in [6, 6.07) is 5.58. The van der Waals surface area contributed by atoms with E-state index in [0.717, 1.165) is 30.6 Å². The van der Waals surface area contributed by atoms with E-state index in [9.17, 15) is 8.42 Å². The molecule has 0 fully saturated rings. The quantitative estimate of drug-likeness (QED) is 0.675. The first-order valence-corrected chi connectivity index (χ1v) is 8.79. The molecule has 0 saturated carbocycles. The van der Waals surface area contributed by atoms with E-state index in [2.05, 4.69) is 10.0 Å². The Morgan fingerprint density at radius 1 is 1.24 bits per heavy atom. The van der Waals surface area contributed by atoms with Crippen molar-refractivity contribution in [3.8, 4) is 0 Å². The van der Waals surface area contributed by atoms with Crippen LogP contribution in [0, 0.1) is 6.92 Å². The number of hydrogen-bond donors (Lipinski definition) is 2. The summed E-state index contributed by atoms with van der Waals surface area (Å²) in [6.45, 7) is 6.71. The van der Waals surface area contributed by atoms with Gasteiger partial charge in [-0.3, -0.25) is 0 Å². The SMILES string of the molecule is CCNCc1ccc(C)c(S(=O)(=O)NCCCN(C)C)c1. The van der Waals surface area contributed by atoms with Crippen LogP contribution in [0.3, 0.4) is 0 Å². The van der Waals surface area contributed by atoms with E-state index in [4.69, 9.17) is 0 Å². The van der Waals surface area contributed by atoms with Crippen molar-refractivity contribution in [2.24, 2.45) is 0 Å². The lowest BCUT2D eigenvalue weighted by Gasteiger charge is -2.13. The summed E-state index contributed by atoms with van der Waals surface area (Å²) < 4.78 is 27.4. The predicted molar refractivity (Wildman–Crippen MR) is 86.9 cm³/mol. The molecule has 0 saturated heterocycles. The average molecular weight is 313 g/mol. The van der Waals surface area contributed by atoms with Crippen molar-refractivity contribution in [1.29, 1.82) is 0 Å². The fourth-order valence-corrected chi connectivity index (χ4v) is 3.36. The third-order valence-electron chi connectivity index (χ3n) is 3.20. The van der Waals surface area contributed by atoms with Crippen LogP contribution in [-0.4, -0.2) is 47.0 Å². The monoisotopic (exact) mass is 313 g/mol. The van der Waals surface area contributed by atoms with Crippen LogP contribution >= 0.6 is 0 Å². The second kappa shape index (κ2) is 8.48. The molecule has 2 N–H and O–H groups in total. The first-order valence-electron chi connectivity index (χ1n) is 7.31. The fraction of sp³-hybridized carbons (Fsp3) is 0.600. The molecule has 0 aromatic heterocycles. The van der Waals surface area contributed by atoms with Gasteiger partial charge in [0.2, 0.25) is 10.0 Å². The van der Waals surface area contributed by atoms with Gasteiger partial charge in [-0.25, -0.2) is 13.1 Å². The molecule has 21 heavy (non-hydrogen) atoms. The molecule has 120 valence electrons. The highest BCUT2D eigenvalue weighted by atomic mass is 32.2. The molecule has 0 atom stereocenters. The molecule has 0 spiro atoms. The van der Waals surface area contributed by atoms with Gasteiger partial charge in [-0.15, -0.1) is 0 Å². The molecule has 1 aromatic carbocycles. The Hall–Kier alpha value is -0.950. The van der Waals surface area contributed by atoms with Crippen molar-refractivity contribution in [1.82, 2.24) is 14.9 Å². The molecule has 0 heterocycles. The lowest BCUT2D eigenvalue weighted by atomic mass is 10.1. The number of benzene rings is 1. The first-order chi connectivity index (χ1) is 9.86. The highest BCUT2D eigenvalue weighted by Gasteiger charge is 2.16. The van der Waals surface area contributed by atoms with Crippen molar-refractivity contribution in [3.63, 3.8) is 0 Å². The van der Waals surface area contributed by atoms with Crippen LogP contribution in [0.1, 0.15) is 24.5 Å². The largest absolute Gasteiger partial charge is 0.313 e. The Bertz CT molecular complexity index is 542. The topological polar surface area (TPSA) is 61.4 Å². The summed E-state index contributed by atoms with van der Waals surface area (Å²) in [5.74, 6) is 0. The summed E-state index contributed by atoms with van der Waals surface area (Å²) >= 11 is 0. The fourth-order valence-electron chi connectivity index (χ4n) is 1.99. The lowest BCUT2D eigenvalue weighted by molar-refractivity contribution is 0.400. The molecule has 6 heteroatoms. The zero-order chi connectivity index (χ0) is 15.9. The Labute approximate surface area is 128 Å². The van der Waals surface area contributed by atoms with Gasteiger partial charge in [-0.1, -0.05) is 19.1 Å². The van der Waals surface area contributed by atoms with Gasteiger partial charge in [0.25, 0.3) is 0 Å². The van der Waals surface area contributed by atoms with Crippen molar-refractivity contribution in [2.45, 2.75) is 31.7 Å². The van der Waals surface area contributed by atoms with Gasteiger partial charge in [0, 0.05) is 13.1 Å². The number of aryl methyl sites for hydroxylation is 1. The van der Waals surface area contributed by atoms with E-state index >= 15 is 0 Å². The van der Waals surface area contributed by atoms with Crippen LogP contribution < -0.4 is 10.0 Å². The van der Waals surface area contributed by atoms with Gasteiger partial charge in [0.1, 0.15) is 0 Å². The highest BCUT2D eigenvalue weighted by molar-refractivity contribution is 7.89. The van der Waals surface area contributed by atoms with E-state index in [-0.39, 0.29) is 0 Å². The Morgan fingerprint density at radius 3 is 2.57 bits per heavy atom. The minimum Gasteiger partial charge on any atom is -0.313 e. The molecule has 0 amide bonds. The van der Waals surface area contributed by atoms with E-state index in [1.165, 1.54) is 0 Å². The normalized spacial score (nSPS) is 12.0. The second-order valence-corrected chi connectivity index (χ2v) is 7.17. The van der Waals surface area contributed by atoms with Gasteiger partial charge in [-0.2, -0.15) is 0 Å². The molecule has 1 aromatic rings. The molecular formula is C15H27N3O2S. The van der Waals surface area contributed by atoms with Crippen LogP contribution in [0.5, 0.6) is 0 Å². The van der Waals surface area contributed by atoms with Crippen LogP contribution in [0.2, 0.25) is 0 Å². The minimum atomic E-state index is -3.43. The van der Waals surface area contributed by atoms with Crippen molar-refractivity contribution in [2.75, 3.05) is 33.7 Å². The zero-order valence-corrected chi connectivity index (χ0v) is 14.3. The van der Waals surface area contributed by atoms with Crippen molar-refractivity contribution in [3.05, 3.63) is 29.3 Å². The maximum absolute atomic E-state index is 12.4. The van der Waals surface area contributed by atoms with Crippen LogP contribution in [0.15, 0.2) is 23.1 Å². The number of hydrogen-bond acceptors (Lipinski definition) is 4. The number of sulfonamides is 1. The molecule has 0 bridgehead atoms. The highest BCUT2D eigenvalue weighted by Crippen LogP contribution is 2.17. The van der Waals surface area contributed by atoms with E-state index in [0.29, 0.717) is 18.0 Å². The Balaban J connectivity index is 2.76. The van der Waals surface area contributed by atoms with Crippen LogP contribution in [0.4, 0.5) is 0 Å². The zero-order valence-electron chi connectivity index (χ0n) is 13.4. The average Bonchev–Trinajstić information content (AvgIpc) is 2.42. The first kappa shape index (κ1) is 18.1. The van der Waals surface area contributed by atoms with Gasteiger partial charge in [-0.05, 0) is 57.7 Å².